The van der Waals surface area contributed by atoms with Crippen LogP contribution in [0.25, 0.3) is 0 Å². The van der Waals surface area contributed by atoms with Gasteiger partial charge in [-0.3, -0.25) is 9.69 Å². The number of ether oxygens (including phenoxy) is 1. The molecule has 154 valence electrons. The number of piperazine rings is 1. The standard InChI is InChI=1S/C20H26F3N3O2/c21-20(22,23)15-5-3-14(4-6-15)11-18(27)26-10-7-24-16-12-28-13-17(19(16)26)25-8-1-2-9-25/h3-6,16-17,19,24H,1-2,7-13H2/t16?,17-,19-/m0/s1. The van der Waals surface area contributed by atoms with Crippen LogP contribution in [0.2, 0.25) is 0 Å². The molecule has 0 radical (unpaired) electrons. The molecule has 1 aromatic rings. The molecule has 8 heteroatoms. The Morgan fingerprint density at radius 3 is 2.50 bits per heavy atom. The van der Waals surface area contributed by atoms with Crippen molar-refractivity contribution in [1.82, 2.24) is 15.1 Å². The van der Waals surface area contributed by atoms with Gasteiger partial charge in [-0.2, -0.15) is 13.2 Å². The normalized spacial score (nSPS) is 29.0. The third kappa shape index (κ3) is 4.04. The second-order valence-electron chi connectivity index (χ2n) is 7.86. The van der Waals surface area contributed by atoms with Gasteiger partial charge in [0.05, 0.1) is 43.3 Å². The van der Waals surface area contributed by atoms with Gasteiger partial charge in [0.1, 0.15) is 0 Å². The van der Waals surface area contributed by atoms with Crippen LogP contribution >= 0.6 is 0 Å². The minimum absolute atomic E-state index is 0.0256. The second kappa shape index (κ2) is 8.00. The van der Waals surface area contributed by atoms with Crippen LogP contribution in [0.1, 0.15) is 24.0 Å². The quantitative estimate of drug-likeness (QED) is 0.847. The molecule has 1 unspecified atom stereocenters. The first-order valence-electron chi connectivity index (χ1n) is 9.94. The van der Waals surface area contributed by atoms with E-state index in [4.69, 9.17) is 4.74 Å². The highest BCUT2D eigenvalue weighted by Gasteiger charge is 2.44. The Kier molecular flexibility index (Phi) is 5.62. The highest BCUT2D eigenvalue weighted by molar-refractivity contribution is 5.79. The number of halogens is 3. The van der Waals surface area contributed by atoms with E-state index < -0.39 is 11.7 Å². The van der Waals surface area contributed by atoms with Crippen LogP contribution in [0.15, 0.2) is 24.3 Å². The molecule has 28 heavy (non-hydrogen) atoms. The van der Waals surface area contributed by atoms with Gasteiger partial charge in [0.25, 0.3) is 0 Å². The fourth-order valence-electron chi connectivity index (χ4n) is 4.68. The smallest absolute Gasteiger partial charge is 0.378 e. The summed E-state index contributed by atoms with van der Waals surface area (Å²) >= 11 is 0. The summed E-state index contributed by atoms with van der Waals surface area (Å²) in [5, 5.41) is 3.48. The van der Waals surface area contributed by atoms with Crippen LogP contribution in [0.3, 0.4) is 0 Å². The lowest BCUT2D eigenvalue weighted by molar-refractivity contribution is -0.142. The Morgan fingerprint density at radius 2 is 1.82 bits per heavy atom. The number of carbonyl (C=O) groups excluding carboxylic acids is 1. The summed E-state index contributed by atoms with van der Waals surface area (Å²) in [5.41, 5.74) is -0.0812. The van der Waals surface area contributed by atoms with Crippen molar-refractivity contribution < 1.29 is 22.7 Å². The summed E-state index contributed by atoms with van der Waals surface area (Å²) in [6, 6.07) is 5.22. The van der Waals surface area contributed by atoms with Gasteiger partial charge in [-0.25, -0.2) is 0 Å². The second-order valence-corrected chi connectivity index (χ2v) is 7.86. The number of alkyl halides is 3. The minimum Gasteiger partial charge on any atom is -0.378 e. The van der Waals surface area contributed by atoms with Crippen LogP contribution < -0.4 is 5.32 Å². The van der Waals surface area contributed by atoms with Crippen molar-refractivity contribution in [3.8, 4) is 0 Å². The fourth-order valence-corrected chi connectivity index (χ4v) is 4.68. The molecule has 0 aliphatic carbocycles. The average Bonchev–Trinajstić information content (AvgIpc) is 3.21. The molecule has 1 amide bonds. The lowest BCUT2D eigenvalue weighted by atomic mass is 9.92. The Labute approximate surface area is 162 Å². The molecule has 3 atom stereocenters. The summed E-state index contributed by atoms with van der Waals surface area (Å²) in [7, 11) is 0. The van der Waals surface area contributed by atoms with Crippen molar-refractivity contribution in [2.24, 2.45) is 0 Å². The van der Waals surface area contributed by atoms with Gasteiger partial charge in [-0.05, 0) is 43.6 Å². The topological polar surface area (TPSA) is 44.8 Å². The zero-order valence-corrected chi connectivity index (χ0v) is 15.8. The van der Waals surface area contributed by atoms with Gasteiger partial charge in [-0.15, -0.1) is 0 Å². The maximum Gasteiger partial charge on any atom is 0.416 e. The van der Waals surface area contributed by atoms with Crippen molar-refractivity contribution in [2.45, 2.75) is 43.6 Å². The van der Waals surface area contributed by atoms with Gasteiger partial charge < -0.3 is 15.0 Å². The monoisotopic (exact) mass is 397 g/mol. The van der Waals surface area contributed by atoms with Crippen LogP contribution in [-0.2, 0) is 22.1 Å². The fraction of sp³-hybridized carbons (Fsp3) is 0.650. The summed E-state index contributed by atoms with van der Waals surface area (Å²) in [6.07, 6.45) is -1.91. The van der Waals surface area contributed by atoms with Crippen LogP contribution in [0.5, 0.6) is 0 Å². The van der Waals surface area contributed by atoms with Crippen LogP contribution in [-0.4, -0.2) is 73.2 Å². The van der Waals surface area contributed by atoms with E-state index in [2.05, 4.69) is 10.2 Å². The average molecular weight is 397 g/mol. The third-order valence-corrected chi connectivity index (χ3v) is 6.08. The first kappa shape index (κ1) is 19.7. The lowest BCUT2D eigenvalue weighted by Gasteiger charge is -2.50. The van der Waals surface area contributed by atoms with E-state index in [9.17, 15) is 18.0 Å². The summed E-state index contributed by atoms with van der Waals surface area (Å²) in [5.74, 6) is -0.0256. The van der Waals surface area contributed by atoms with Crippen LogP contribution in [0, 0.1) is 0 Å². The molecule has 1 N–H and O–H groups in total. The molecule has 3 aliphatic heterocycles. The predicted molar refractivity (Wildman–Crippen MR) is 97.9 cm³/mol. The zero-order chi connectivity index (χ0) is 19.7. The molecule has 0 aromatic heterocycles. The number of benzene rings is 1. The van der Waals surface area contributed by atoms with Gasteiger partial charge in [0.2, 0.25) is 5.91 Å². The van der Waals surface area contributed by atoms with Crippen molar-refractivity contribution in [1.29, 1.82) is 0 Å². The van der Waals surface area contributed by atoms with E-state index in [0.29, 0.717) is 31.9 Å². The molecule has 0 bridgehead atoms. The number of fused-ring (bicyclic) bond motifs is 1. The van der Waals surface area contributed by atoms with Crippen molar-refractivity contribution in [3.05, 3.63) is 35.4 Å². The molecule has 0 saturated carbocycles. The number of nitrogens with zero attached hydrogens (tertiary/aromatic N) is 2. The number of hydrogen-bond acceptors (Lipinski definition) is 4. The van der Waals surface area contributed by atoms with E-state index in [-0.39, 0.29) is 30.5 Å². The Hall–Kier alpha value is -1.64. The van der Waals surface area contributed by atoms with Crippen molar-refractivity contribution in [2.75, 3.05) is 39.4 Å². The molecule has 0 spiro atoms. The van der Waals surface area contributed by atoms with Crippen LogP contribution in [0.4, 0.5) is 13.2 Å². The number of nitrogens with one attached hydrogen (secondary N) is 1. The maximum absolute atomic E-state index is 13.1. The van der Waals surface area contributed by atoms with Gasteiger partial charge >= 0.3 is 6.18 Å². The van der Waals surface area contributed by atoms with Crippen molar-refractivity contribution in [3.63, 3.8) is 0 Å². The molecule has 5 nitrogen and oxygen atoms in total. The molecule has 3 aliphatic rings. The van der Waals surface area contributed by atoms with Gasteiger partial charge in [-0.1, -0.05) is 12.1 Å². The summed E-state index contributed by atoms with van der Waals surface area (Å²) < 4.78 is 44.1. The molecule has 3 fully saturated rings. The summed E-state index contributed by atoms with van der Waals surface area (Å²) in [4.78, 5) is 17.4. The third-order valence-electron chi connectivity index (χ3n) is 6.08. The van der Waals surface area contributed by atoms with E-state index >= 15 is 0 Å². The van der Waals surface area contributed by atoms with Gasteiger partial charge in [0, 0.05) is 13.1 Å². The van der Waals surface area contributed by atoms with E-state index in [1.165, 1.54) is 25.0 Å². The minimum atomic E-state index is -4.36. The molecular formula is C20H26F3N3O2. The highest BCUT2D eigenvalue weighted by atomic mass is 19.4. The molecule has 3 heterocycles. The highest BCUT2D eigenvalue weighted by Crippen LogP contribution is 2.30. The van der Waals surface area contributed by atoms with E-state index in [1.807, 2.05) is 4.90 Å². The first-order valence-corrected chi connectivity index (χ1v) is 9.94. The Bertz CT molecular complexity index is 687. The zero-order valence-electron chi connectivity index (χ0n) is 15.8. The SMILES string of the molecule is O=C(Cc1ccc(C(F)(F)F)cc1)N1CCNC2COC[C@H](N3CCCC3)[C@H]21. The molecule has 1 aromatic carbocycles. The number of hydrogen-bond donors (Lipinski definition) is 1. The summed E-state index contributed by atoms with van der Waals surface area (Å²) in [6.45, 7) is 4.57. The number of likely N-dealkylation sites (tertiary alicyclic amines) is 1. The predicted octanol–water partition coefficient (Wildman–Crippen LogP) is 1.91. The number of amides is 1. The molecular weight excluding hydrogens is 371 g/mol. The number of carbonyl (C=O) groups is 1. The number of rotatable bonds is 3. The lowest BCUT2D eigenvalue weighted by Crippen LogP contribution is -2.70. The Balaban J connectivity index is 1.48. The molecule has 3 saturated heterocycles. The van der Waals surface area contributed by atoms with E-state index in [1.54, 1.807) is 0 Å². The first-order chi connectivity index (χ1) is 13.4. The largest absolute Gasteiger partial charge is 0.416 e. The van der Waals surface area contributed by atoms with E-state index in [0.717, 1.165) is 25.2 Å². The van der Waals surface area contributed by atoms with Gasteiger partial charge in [0.15, 0.2) is 0 Å². The van der Waals surface area contributed by atoms with Crippen molar-refractivity contribution >= 4 is 5.91 Å². The maximum atomic E-state index is 13.1. The Morgan fingerprint density at radius 1 is 1.11 bits per heavy atom. The molecule has 4 rings (SSSR count).